The van der Waals surface area contributed by atoms with E-state index in [4.69, 9.17) is 22.2 Å². The molecule has 0 saturated carbocycles. The Morgan fingerprint density at radius 3 is 2.65 bits per heavy atom. The molecule has 7 nitrogen and oxygen atoms in total. The number of thioether (sulfide) groups is 1. The average molecular weight is 390 g/mol. The molecule has 0 unspecified atom stereocenters. The Kier molecular flexibility index (Phi) is 5.65. The van der Waals surface area contributed by atoms with Crippen LogP contribution < -0.4 is 21.5 Å². The van der Waals surface area contributed by atoms with Crippen molar-refractivity contribution in [2.75, 3.05) is 18.3 Å². The number of nitrogens with zero attached hydrogens (tertiary/aromatic N) is 3. The van der Waals surface area contributed by atoms with Crippen LogP contribution in [0, 0.1) is 0 Å². The van der Waals surface area contributed by atoms with E-state index in [1.807, 2.05) is 24.3 Å². The van der Waals surface area contributed by atoms with Crippen LogP contribution >= 0.6 is 23.4 Å². The molecule has 0 spiro atoms. The highest BCUT2D eigenvalue weighted by atomic mass is 35.5. The first-order valence-electron chi connectivity index (χ1n) is 7.60. The smallest absolute Gasteiger partial charge is 0.315 e. The summed E-state index contributed by atoms with van der Waals surface area (Å²) in [6.45, 7) is 0. The number of methoxy groups -OCH3 is 1. The van der Waals surface area contributed by atoms with Gasteiger partial charge in [-0.05, 0) is 29.8 Å². The summed E-state index contributed by atoms with van der Waals surface area (Å²) in [6.07, 6.45) is 0. The van der Waals surface area contributed by atoms with E-state index in [2.05, 4.69) is 15.5 Å². The van der Waals surface area contributed by atoms with E-state index in [1.165, 1.54) is 11.8 Å². The fraction of sp³-hybridized carbons (Fsp3) is 0.118. The molecule has 0 aliphatic carbocycles. The first-order valence-corrected chi connectivity index (χ1v) is 8.97. The summed E-state index contributed by atoms with van der Waals surface area (Å²) in [6, 6.07) is 14.6. The molecule has 0 aliphatic heterocycles. The Balaban J connectivity index is 1.78. The van der Waals surface area contributed by atoms with E-state index < -0.39 is 5.56 Å². The molecule has 1 heterocycles. The van der Waals surface area contributed by atoms with Crippen LogP contribution in [0.25, 0.3) is 0 Å². The molecule has 0 saturated heterocycles. The number of nitrogen functional groups attached to an aromatic ring is 1. The zero-order valence-corrected chi connectivity index (χ0v) is 15.4. The third-order valence-electron chi connectivity index (χ3n) is 3.50. The molecule has 0 bridgehead atoms. The molecule has 0 amide bonds. The van der Waals surface area contributed by atoms with E-state index in [-0.39, 0.29) is 5.82 Å². The van der Waals surface area contributed by atoms with E-state index >= 15 is 0 Å². The first kappa shape index (κ1) is 18.1. The van der Waals surface area contributed by atoms with Crippen molar-refractivity contribution in [1.82, 2.24) is 14.9 Å². The SMILES string of the molecule is COc1ccccc1Nc1nnc(SCc2ccc(Cl)cc2)n(N)c1=O. The monoisotopic (exact) mass is 389 g/mol. The summed E-state index contributed by atoms with van der Waals surface area (Å²) >= 11 is 7.18. The summed E-state index contributed by atoms with van der Waals surface area (Å²) in [5.74, 6) is 7.07. The van der Waals surface area contributed by atoms with Gasteiger partial charge in [-0.1, -0.05) is 47.6 Å². The summed E-state index contributed by atoms with van der Waals surface area (Å²) in [7, 11) is 1.55. The Morgan fingerprint density at radius 1 is 1.19 bits per heavy atom. The molecule has 0 fully saturated rings. The molecule has 1 aromatic heterocycles. The molecule has 3 rings (SSSR count). The zero-order chi connectivity index (χ0) is 18.5. The molecule has 3 N–H and O–H groups in total. The van der Waals surface area contributed by atoms with Gasteiger partial charge < -0.3 is 15.9 Å². The van der Waals surface area contributed by atoms with Crippen LogP contribution in [0.1, 0.15) is 5.56 Å². The van der Waals surface area contributed by atoms with Crippen LogP contribution in [0.4, 0.5) is 11.5 Å². The van der Waals surface area contributed by atoms with Crippen molar-refractivity contribution < 1.29 is 4.74 Å². The number of anilines is 2. The predicted octanol–water partition coefficient (Wildman–Crippen LogP) is 3.05. The number of hydrogen-bond donors (Lipinski definition) is 2. The minimum absolute atomic E-state index is 0.0212. The molecular weight excluding hydrogens is 374 g/mol. The number of aromatic nitrogens is 3. The number of halogens is 1. The molecule has 0 atom stereocenters. The predicted molar refractivity (Wildman–Crippen MR) is 104 cm³/mol. The number of benzene rings is 2. The summed E-state index contributed by atoms with van der Waals surface area (Å²) in [5.41, 5.74) is 1.15. The maximum atomic E-state index is 12.5. The highest BCUT2D eigenvalue weighted by molar-refractivity contribution is 7.98. The fourth-order valence-corrected chi connectivity index (χ4v) is 3.10. The van der Waals surface area contributed by atoms with Crippen molar-refractivity contribution >= 4 is 34.9 Å². The van der Waals surface area contributed by atoms with Crippen molar-refractivity contribution in [3.63, 3.8) is 0 Å². The molecule has 9 heteroatoms. The fourth-order valence-electron chi connectivity index (χ4n) is 2.17. The van der Waals surface area contributed by atoms with Gasteiger partial charge in [-0.3, -0.25) is 4.79 Å². The van der Waals surface area contributed by atoms with Crippen molar-refractivity contribution in [2.45, 2.75) is 10.9 Å². The van der Waals surface area contributed by atoms with Gasteiger partial charge in [0.05, 0.1) is 12.8 Å². The topological polar surface area (TPSA) is 95.1 Å². The van der Waals surface area contributed by atoms with Crippen molar-refractivity contribution in [3.05, 3.63) is 69.5 Å². The number of nitrogens with two attached hydrogens (primary N) is 1. The van der Waals surface area contributed by atoms with Crippen LogP contribution in [0.5, 0.6) is 5.75 Å². The van der Waals surface area contributed by atoms with Gasteiger partial charge in [0, 0.05) is 10.8 Å². The third kappa shape index (κ3) is 4.09. The minimum Gasteiger partial charge on any atom is -0.495 e. The highest BCUT2D eigenvalue weighted by Gasteiger charge is 2.12. The second-order valence-electron chi connectivity index (χ2n) is 5.25. The van der Waals surface area contributed by atoms with Gasteiger partial charge in [-0.2, -0.15) is 4.68 Å². The maximum absolute atomic E-state index is 12.5. The molecule has 0 aliphatic rings. The summed E-state index contributed by atoms with van der Waals surface area (Å²) in [4.78, 5) is 12.5. The Morgan fingerprint density at radius 2 is 1.92 bits per heavy atom. The minimum atomic E-state index is -0.482. The van der Waals surface area contributed by atoms with Gasteiger partial charge in [0.2, 0.25) is 11.0 Å². The van der Waals surface area contributed by atoms with Crippen molar-refractivity contribution in [3.8, 4) is 5.75 Å². The lowest BCUT2D eigenvalue weighted by Crippen LogP contribution is -2.32. The van der Waals surface area contributed by atoms with Gasteiger partial charge in [-0.25, -0.2) is 0 Å². The second kappa shape index (κ2) is 8.11. The zero-order valence-electron chi connectivity index (χ0n) is 13.8. The average Bonchev–Trinajstić information content (AvgIpc) is 2.66. The van der Waals surface area contributed by atoms with Gasteiger partial charge in [-0.15, -0.1) is 10.2 Å². The standard InChI is InChI=1S/C17H16ClN5O2S/c1-25-14-5-3-2-4-13(14)20-15-16(24)23(19)17(22-21-15)26-10-11-6-8-12(18)9-7-11/h2-9H,10,19H2,1H3,(H,20,21). The quantitative estimate of drug-likeness (QED) is 0.494. The summed E-state index contributed by atoms with van der Waals surface area (Å²) < 4.78 is 6.22. The molecular formula is C17H16ClN5O2S. The number of para-hydroxylation sites is 2. The van der Waals surface area contributed by atoms with Gasteiger partial charge in [0.15, 0.2) is 0 Å². The van der Waals surface area contributed by atoms with E-state index in [0.29, 0.717) is 27.4 Å². The van der Waals surface area contributed by atoms with Crippen LogP contribution in [-0.2, 0) is 5.75 Å². The van der Waals surface area contributed by atoms with Gasteiger partial charge in [0.25, 0.3) is 0 Å². The van der Waals surface area contributed by atoms with Crippen LogP contribution in [0.2, 0.25) is 5.02 Å². The maximum Gasteiger partial charge on any atom is 0.315 e. The molecule has 26 heavy (non-hydrogen) atoms. The Bertz CT molecular complexity index is 962. The van der Waals surface area contributed by atoms with E-state index in [0.717, 1.165) is 10.2 Å². The Labute approximate surface area is 159 Å². The first-order chi connectivity index (χ1) is 12.6. The lowest BCUT2D eigenvalue weighted by atomic mass is 10.2. The largest absolute Gasteiger partial charge is 0.495 e. The third-order valence-corrected chi connectivity index (χ3v) is 4.77. The number of nitrogens with one attached hydrogen (secondary N) is 1. The van der Waals surface area contributed by atoms with Gasteiger partial charge >= 0.3 is 5.56 Å². The molecule has 0 radical (unpaired) electrons. The van der Waals surface area contributed by atoms with Crippen LogP contribution in [0.15, 0.2) is 58.5 Å². The van der Waals surface area contributed by atoms with Gasteiger partial charge in [0.1, 0.15) is 5.75 Å². The van der Waals surface area contributed by atoms with Crippen molar-refractivity contribution in [1.29, 1.82) is 0 Å². The Hall–Kier alpha value is -2.71. The number of hydrogen-bond acceptors (Lipinski definition) is 7. The lowest BCUT2D eigenvalue weighted by molar-refractivity contribution is 0.417. The lowest BCUT2D eigenvalue weighted by Gasteiger charge is -2.11. The highest BCUT2D eigenvalue weighted by Crippen LogP contribution is 2.25. The molecule has 134 valence electrons. The van der Waals surface area contributed by atoms with E-state index in [9.17, 15) is 4.79 Å². The normalized spacial score (nSPS) is 10.5. The van der Waals surface area contributed by atoms with E-state index in [1.54, 1.807) is 31.4 Å². The second-order valence-corrected chi connectivity index (χ2v) is 6.63. The number of rotatable bonds is 6. The molecule has 2 aromatic carbocycles. The number of ether oxygens (including phenoxy) is 1. The molecule has 3 aromatic rings. The summed E-state index contributed by atoms with van der Waals surface area (Å²) in [5, 5.41) is 11.9. The van der Waals surface area contributed by atoms with Crippen molar-refractivity contribution in [2.24, 2.45) is 0 Å². The van der Waals surface area contributed by atoms with Crippen LogP contribution in [-0.4, -0.2) is 22.0 Å². The van der Waals surface area contributed by atoms with Crippen LogP contribution in [0.3, 0.4) is 0 Å².